The van der Waals surface area contributed by atoms with Gasteiger partial charge in [0.05, 0.1) is 5.92 Å². The van der Waals surface area contributed by atoms with Crippen molar-refractivity contribution in [3.63, 3.8) is 0 Å². The van der Waals surface area contributed by atoms with Gasteiger partial charge in [0, 0.05) is 11.1 Å². The number of carbonyl (C=O) groups excluding carboxylic acids is 2. The maximum absolute atomic E-state index is 13.0. The zero-order valence-corrected chi connectivity index (χ0v) is 12.7. The van der Waals surface area contributed by atoms with Crippen molar-refractivity contribution in [2.24, 2.45) is 11.7 Å². The summed E-state index contributed by atoms with van der Waals surface area (Å²) in [5.74, 6) is 0.628. The molecule has 7 heteroatoms. The molecule has 1 fully saturated rings. The highest BCUT2D eigenvalue weighted by molar-refractivity contribution is 7.19. The zero-order valence-electron chi connectivity index (χ0n) is 11.9. The van der Waals surface area contributed by atoms with Gasteiger partial charge in [-0.25, -0.2) is 9.37 Å². The highest BCUT2D eigenvalue weighted by atomic mass is 32.1. The normalized spacial score (nSPS) is 19.0. The van der Waals surface area contributed by atoms with Crippen LogP contribution in [0.3, 0.4) is 0 Å². The highest BCUT2D eigenvalue weighted by Crippen LogP contribution is 2.37. The van der Waals surface area contributed by atoms with Gasteiger partial charge in [0.1, 0.15) is 16.2 Å². The number of aromatic nitrogens is 1. The van der Waals surface area contributed by atoms with Crippen molar-refractivity contribution in [2.45, 2.75) is 12.6 Å². The molecule has 3 N–H and O–H groups in total. The van der Waals surface area contributed by atoms with Crippen LogP contribution in [0.2, 0.25) is 0 Å². The van der Waals surface area contributed by atoms with Crippen molar-refractivity contribution in [3.05, 3.63) is 35.5 Å². The van der Waals surface area contributed by atoms with Gasteiger partial charge in [-0.05, 0) is 18.6 Å². The number of nitrogens with one attached hydrogen (secondary N) is 1. The summed E-state index contributed by atoms with van der Waals surface area (Å²) in [6.45, 7) is 0. The standard InChI is InChI=1S/C16H12FN3O2S/c1-2-8-4-3-5-9(6-8)15-19-12(13(18)21)16(23-15)20-14(22)10-7-11(10)17/h1,3-6,10-11H,7H2,(H2,18,21)(H,20,22)/t10-,11-/m0/s1. The van der Waals surface area contributed by atoms with Gasteiger partial charge in [-0.1, -0.05) is 29.4 Å². The van der Waals surface area contributed by atoms with E-state index in [2.05, 4.69) is 16.2 Å². The molecule has 2 amide bonds. The molecule has 1 aromatic carbocycles. The van der Waals surface area contributed by atoms with Crippen LogP contribution in [0.1, 0.15) is 22.5 Å². The van der Waals surface area contributed by atoms with E-state index in [9.17, 15) is 14.0 Å². The number of nitrogens with two attached hydrogens (primary N) is 1. The molecule has 2 atom stereocenters. The van der Waals surface area contributed by atoms with Gasteiger partial charge < -0.3 is 11.1 Å². The molecule has 116 valence electrons. The van der Waals surface area contributed by atoms with Crippen LogP contribution in [0.25, 0.3) is 10.6 Å². The fourth-order valence-corrected chi connectivity index (χ4v) is 3.05. The number of thiazole rings is 1. The summed E-state index contributed by atoms with van der Waals surface area (Å²) >= 11 is 1.10. The van der Waals surface area contributed by atoms with Gasteiger partial charge >= 0.3 is 0 Å². The third-order valence-electron chi connectivity index (χ3n) is 3.42. The lowest BCUT2D eigenvalue weighted by Gasteiger charge is -2.01. The average molecular weight is 329 g/mol. The lowest BCUT2D eigenvalue weighted by Crippen LogP contribution is -2.19. The van der Waals surface area contributed by atoms with E-state index >= 15 is 0 Å². The Labute approximate surface area is 135 Å². The van der Waals surface area contributed by atoms with Crippen LogP contribution in [0, 0.1) is 18.3 Å². The van der Waals surface area contributed by atoms with E-state index in [4.69, 9.17) is 12.2 Å². The van der Waals surface area contributed by atoms with E-state index in [1.807, 2.05) is 0 Å². The molecule has 2 aromatic rings. The van der Waals surface area contributed by atoms with Crippen LogP contribution in [0.15, 0.2) is 24.3 Å². The third kappa shape index (κ3) is 3.07. The Bertz CT molecular complexity index is 840. The summed E-state index contributed by atoms with van der Waals surface area (Å²) in [7, 11) is 0. The second-order valence-electron chi connectivity index (χ2n) is 5.13. The predicted molar refractivity (Wildman–Crippen MR) is 85.6 cm³/mol. The van der Waals surface area contributed by atoms with Crippen molar-refractivity contribution >= 4 is 28.2 Å². The first kappa shape index (κ1) is 15.2. The van der Waals surface area contributed by atoms with Crippen LogP contribution in [-0.4, -0.2) is 23.0 Å². The lowest BCUT2D eigenvalue weighted by atomic mass is 10.1. The van der Waals surface area contributed by atoms with Crippen LogP contribution in [0.4, 0.5) is 9.39 Å². The number of carbonyl (C=O) groups is 2. The van der Waals surface area contributed by atoms with Crippen molar-refractivity contribution in [3.8, 4) is 22.9 Å². The van der Waals surface area contributed by atoms with E-state index in [-0.39, 0.29) is 17.1 Å². The SMILES string of the molecule is C#Cc1cccc(-c2nc(C(N)=O)c(NC(=O)[C@H]3C[C@@H]3F)s2)c1. The minimum atomic E-state index is -1.12. The molecular formula is C16H12FN3O2S. The number of benzene rings is 1. The number of rotatable bonds is 4. The van der Waals surface area contributed by atoms with E-state index in [1.165, 1.54) is 0 Å². The zero-order chi connectivity index (χ0) is 16.6. The number of hydrogen-bond acceptors (Lipinski definition) is 4. The number of anilines is 1. The lowest BCUT2D eigenvalue weighted by molar-refractivity contribution is -0.117. The molecule has 1 aliphatic carbocycles. The number of primary amides is 1. The maximum atomic E-state index is 13.0. The summed E-state index contributed by atoms with van der Waals surface area (Å²) in [5, 5.41) is 3.26. The second kappa shape index (κ2) is 5.82. The largest absolute Gasteiger partial charge is 0.364 e. The smallest absolute Gasteiger partial charge is 0.270 e. The molecule has 1 saturated carbocycles. The molecule has 0 spiro atoms. The monoisotopic (exact) mass is 329 g/mol. The molecule has 0 saturated heterocycles. The minimum Gasteiger partial charge on any atom is -0.364 e. The first-order valence-electron chi connectivity index (χ1n) is 6.82. The molecular weight excluding hydrogens is 317 g/mol. The van der Waals surface area contributed by atoms with E-state index in [0.29, 0.717) is 16.1 Å². The Balaban J connectivity index is 1.93. The van der Waals surface area contributed by atoms with Gasteiger partial charge in [-0.3, -0.25) is 9.59 Å². The van der Waals surface area contributed by atoms with E-state index < -0.39 is 23.9 Å². The fourth-order valence-electron chi connectivity index (χ4n) is 2.08. The number of terminal acetylenes is 1. The highest BCUT2D eigenvalue weighted by Gasteiger charge is 2.44. The van der Waals surface area contributed by atoms with Crippen LogP contribution < -0.4 is 11.1 Å². The molecule has 5 nitrogen and oxygen atoms in total. The summed E-state index contributed by atoms with van der Waals surface area (Å²) in [6, 6.07) is 7.07. The van der Waals surface area contributed by atoms with Gasteiger partial charge in [-0.2, -0.15) is 0 Å². The van der Waals surface area contributed by atoms with E-state index in [1.54, 1.807) is 24.3 Å². The maximum Gasteiger partial charge on any atom is 0.270 e. The van der Waals surface area contributed by atoms with E-state index in [0.717, 1.165) is 11.3 Å². The minimum absolute atomic E-state index is 0.0412. The number of alkyl halides is 1. The van der Waals surface area contributed by atoms with Gasteiger partial charge in [-0.15, -0.1) is 6.42 Å². The predicted octanol–water partition coefficient (Wildman–Crippen LogP) is 2.19. The number of amides is 2. The summed E-state index contributed by atoms with van der Waals surface area (Å²) in [5.41, 5.74) is 6.64. The Morgan fingerprint density at radius 3 is 2.83 bits per heavy atom. The number of nitrogens with zero attached hydrogens (tertiary/aromatic N) is 1. The van der Waals surface area contributed by atoms with Crippen LogP contribution >= 0.6 is 11.3 Å². The summed E-state index contributed by atoms with van der Waals surface area (Å²) < 4.78 is 13.0. The second-order valence-corrected chi connectivity index (χ2v) is 6.13. The average Bonchev–Trinajstić information content (AvgIpc) is 3.12. The van der Waals surface area contributed by atoms with Crippen molar-refractivity contribution in [2.75, 3.05) is 5.32 Å². The molecule has 1 aliphatic rings. The quantitative estimate of drug-likeness (QED) is 0.843. The van der Waals surface area contributed by atoms with Crippen LogP contribution in [-0.2, 0) is 4.79 Å². The molecule has 1 aromatic heterocycles. The Hall–Kier alpha value is -2.72. The van der Waals surface area contributed by atoms with Crippen molar-refractivity contribution in [1.82, 2.24) is 4.98 Å². The molecule has 0 unspecified atom stereocenters. The first-order valence-corrected chi connectivity index (χ1v) is 7.64. The first-order chi connectivity index (χ1) is 11.0. The third-order valence-corrected chi connectivity index (χ3v) is 4.44. The summed E-state index contributed by atoms with van der Waals surface area (Å²) in [4.78, 5) is 27.6. The van der Waals surface area contributed by atoms with Crippen molar-refractivity contribution < 1.29 is 14.0 Å². The Morgan fingerprint density at radius 1 is 1.48 bits per heavy atom. The molecule has 0 radical (unpaired) electrons. The number of halogens is 1. The topological polar surface area (TPSA) is 85.1 Å². The molecule has 1 heterocycles. The number of hydrogen-bond donors (Lipinski definition) is 2. The summed E-state index contributed by atoms with van der Waals surface area (Å²) in [6.07, 6.45) is 4.45. The molecule has 23 heavy (non-hydrogen) atoms. The van der Waals surface area contributed by atoms with Crippen molar-refractivity contribution in [1.29, 1.82) is 0 Å². The van der Waals surface area contributed by atoms with Gasteiger partial charge in [0.2, 0.25) is 5.91 Å². The Kier molecular flexibility index (Phi) is 3.84. The Morgan fingerprint density at radius 2 is 2.22 bits per heavy atom. The molecule has 0 bridgehead atoms. The molecule has 3 rings (SSSR count). The molecule has 0 aliphatic heterocycles. The van der Waals surface area contributed by atoms with Gasteiger partial charge in [0.25, 0.3) is 5.91 Å². The van der Waals surface area contributed by atoms with Gasteiger partial charge in [0.15, 0.2) is 5.69 Å². The fraction of sp³-hybridized carbons (Fsp3) is 0.188. The van der Waals surface area contributed by atoms with Crippen LogP contribution in [0.5, 0.6) is 0 Å².